The minimum absolute atomic E-state index is 0.249. The first kappa shape index (κ1) is 14.9. The summed E-state index contributed by atoms with van der Waals surface area (Å²) < 4.78 is 5.16. The number of pyridine rings is 1. The van der Waals surface area contributed by atoms with E-state index in [1.165, 1.54) is 10.9 Å². The van der Waals surface area contributed by atoms with E-state index < -0.39 is 0 Å². The number of benzene rings is 1. The minimum Gasteiger partial charge on any atom is -0.385 e. The first-order chi connectivity index (χ1) is 9.62. The van der Waals surface area contributed by atoms with Crippen LogP contribution in [0.25, 0.3) is 10.9 Å². The standard InChI is InChI=1S/C17H24N2O/c1-17(2,9-11-20-3)13-18-12-14-8-10-19-16-7-5-4-6-15(14)16/h4-8,10,18H,9,11-13H2,1-3H3. The van der Waals surface area contributed by atoms with Crippen LogP contribution in [-0.4, -0.2) is 25.2 Å². The van der Waals surface area contributed by atoms with Crippen LogP contribution in [0.3, 0.4) is 0 Å². The Bertz CT molecular complexity index is 546. The van der Waals surface area contributed by atoms with Gasteiger partial charge in [-0.1, -0.05) is 32.0 Å². The molecule has 0 bridgehead atoms. The molecule has 0 saturated heterocycles. The van der Waals surface area contributed by atoms with Crippen molar-refractivity contribution in [3.63, 3.8) is 0 Å². The van der Waals surface area contributed by atoms with Crippen LogP contribution in [0.15, 0.2) is 36.5 Å². The average Bonchev–Trinajstić information content (AvgIpc) is 2.45. The number of hydrogen-bond donors (Lipinski definition) is 1. The minimum atomic E-state index is 0.249. The first-order valence-corrected chi connectivity index (χ1v) is 7.15. The molecule has 1 N–H and O–H groups in total. The van der Waals surface area contributed by atoms with Gasteiger partial charge in [0.2, 0.25) is 0 Å². The van der Waals surface area contributed by atoms with E-state index in [2.05, 4.69) is 48.4 Å². The Kier molecular flexibility index (Phi) is 5.10. The molecule has 20 heavy (non-hydrogen) atoms. The normalized spacial score (nSPS) is 11.9. The summed E-state index contributed by atoms with van der Waals surface area (Å²) in [6.07, 6.45) is 2.95. The predicted octanol–water partition coefficient (Wildman–Crippen LogP) is 3.39. The number of nitrogens with one attached hydrogen (secondary N) is 1. The van der Waals surface area contributed by atoms with Crippen molar-refractivity contribution in [3.05, 3.63) is 42.1 Å². The highest BCUT2D eigenvalue weighted by atomic mass is 16.5. The quantitative estimate of drug-likeness (QED) is 0.839. The lowest BCUT2D eigenvalue weighted by Crippen LogP contribution is -2.30. The van der Waals surface area contributed by atoms with E-state index in [1.54, 1.807) is 7.11 Å². The number of nitrogens with zero attached hydrogens (tertiary/aromatic N) is 1. The Balaban J connectivity index is 1.96. The van der Waals surface area contributed by atoms with Crippen LogP contribution in [0.4, 0.5) is 0 Å². The number of rotatable bonds is 7. The summed E-state index contributed by atoms with van der Waals surface area (Å²) in [5, 5.41) is 4.79. The van der Waals surface area contributed by atoms with Crippen molar-refractivity contribution in [2.24, 2.45) is 5.41 Å². The molecule has 2 aromatic rings. The highest BCUT2D eigenvalue weighted by molar-refractivity contribution is 5.81. The Labute approximate surface area is 121 Å². The van der Waals surface area contributed by atoms with Crippen molar-refractivity contribution in [1.82, 2.24) is 10.3 Å². The van der Waals surface area contributed by atoms with E-state index in [0.717, 1.165) is 31.6 Å². The molecule has 0 atom stereocenters. The first-order valence-electron chi connectivity index (χ1n) is 7.15. The molecule has 0 radical (unpaired) electrons. The molecule has 0 aliphatic carbocycles. The Morgan fingerprint density at radius 3 is 2.80 bits per heavy atom. The van der Waals surface area contributed by atoms with Gasteiger partial charge in [0.05, 0.1) is 5.52 Å². The van der Waals surface area contributed by atoms with Gasteiger partial charge in [0, 0.05) is 38.4 Å². The van der Waals surface area contributed by atoms with E-state index in [0.29, 0.717) is 0 Å². The summed E-state index contributed by atoms with van der Waals surface area (Å²) in [6, 6.07) is 10.4. The Morgan fingerprint density at radius 2 is 2.00 bits per heavy atom. The molecule has 0 aliphatic rings. The summed E-state index contributed by atoms with van der Waals surface area (Å²) in [5.41, 5.74) is 2.61. The fourth-order valence-corrected chi connectivity index (χ4v) is 2.31. The maximum Gasteiger partial charge on any atom is 0.0705 e. The maximum absolute atomic E-state index is 5.16. The monoisotopic (exact) mass is 272 g/mol. The molecular formula is C17H24N2O. The van der Waals surface area contributed by atoms with E-state index in [1.807, 2.05) is 12.3 Å². The van der Waals surface area contributed by atoms with E-state index >= 15 is 0 Å². The summed E-state index contributed by atoms with van der Waals surface area (Å²) >= 11 is 0. The van der Waals surface area contributed by atoms with Crippen molar-refractivity contribution in [2.75, 3.05) is 20.3 Å². The van der Waals surface area contributed by atoms with Crippen LogP contribution < -0.4 is 5.32 Å². The number of hydrogen-bond acceptors (Lipinski definition) is 3. The summed E-state index contributed by atoms with van der Waals surface area (Å²) in [7, 11) is 1.76. The molecule has 1 aromatic carbocycles. The third-order valence-electron chi connectivity index (χ3n) is 3.64. The molecule has 0 spiro atoms. The van der Waals surface area contributed by atoms with Gasteiger partial charge in [-0.25, -0.2) is 0 Å². The molecule has 108 valence electrons. The fourth-order valence-electron chi connectivity index (χ4n) is 2.31. The summed E-state index contributed by atoms with van der Waals surface area (Å²) in [5.74, 6) is 0. The highest BCUT2D eigenvalue weighted by Crippen LogP contribution is 2.20. The molecule has 1 heterocycles. The van der Waals surface area contributed by atoms with Crippen molar-refractivity contribution < 1.29 is 4.74 Å². The predicted molar refractivity (Wildman–Crippen MR) is 83.7 cm³/mol. The van der Waals surface area contributed by atoms with E-state index in [4.69, 9.17) is 4.74 Å². The smallest absolute Gasteiger partial charge is 0.0705 e. The van der Waals surface area contributed by atoms with Crippen LogP contribution in [-0.2, 0) is 11.3 Å². The van der Waals surface area contributed by atoms with Crippen LogP contribution in [0, 0.1) is 5.41 Å². The molecule has 0 fully saturated rings. The number of aromatic nitrogens is 1. The van der Waals surface area contributed by atoms with Gasteiger partial charge in [0.25, 0.3) is 0 Å². The second kappa shape index (κ2) is 6.82. The topological polar surface area (TPSA) is 34.1 Å². The van der Waals surface area contributed by atoms with E-state index in [-0.39, 0.29) is 5.41 Å². The van der Waals surface area contributed by atoms with Crippen LogP contribution in [0.1, 0.15) is 25.8 Å². The Morgan fingerprint density at radius 1 is 1.20 bits per heavy atom. The van der Waals surface area contributed by atoms with Gasteiger partial charge in [-0.2, -0.15) is 0 Å². The lowest BCUT2D eigenvalue weighted by Gasteiger charge is -2.24. The number of fused-ring (bicyclic) bond motifs is 1. The van der Waals surface area contributed by atoms with E-state index in [9.17, 15) is 0 Å². The third kappa shape index (κ3) is 4.02. The van der Waals surface area contributed by atoms with Gasteiger partial charge in [-0.05, 0) is 29.5 Å². The molecule has 0 aliphatic heterocycles. The molecule has 0 saturated carbocycles. The number of ether oxygens (including phenoxy) is 1. The van der Waals surface area contributed by atoms with Crippen LogP contribution in [0.2, 0.25) is 0 Å². The molecule has 2 rings (SSSR count). The third-order valence-corrected chi connectivity index (χ3v) is 3.64. The zero-order chi connectivity index (χ0) is 14.4. The molecule has 3 nitrogen and oxygen atoms in total. The summed E-state index contributed by atoms with van der Waals surface area (Å²) in [6.45, 7) is 7.20. The molecule has 0 unspecified atom stereocenters. The molecule has 0 amide bonds. The average molecular weight is 272 g/mol. The second-order valence-electron chi connectivity index (χ2n) is 6.00. The van der Waals surface area contributed by atoms with Gasteiger partial charge < -0.3 is 10.1 Å². The van der Waals surface area contributed by atoms with Gasteiger partial charge in [-0.3, -0.25) is 4.98 Å². The van der Waals surface area contributed by atoms with Gasteiger partial charge in [0.1, 0.15) is 0 Å². The lowest BCUT2D eigenvalue weighted by atomic mass is 9.89. The summed E-state index contributed by atoms with van der Waals surface area (Å²) in [4.78, 5) is 4.39. The molecular weight excluding hydrogens is 248 g/mol. The Hall–Kier alpha value is -1.45. The molecule has 1 aromatic heterocycles. The van der Waals surface area contributed by atoms with Gasteiger partial charge in [-0.15, -0.1) is 0 Å². The van der Waals surface area contributed by atoms with Crippen molar-refractivity contribution in [3.8, 4) is 0 Å². The van der Waals surface area contributed by atoms with Crippen LogP contribution >= 0.6 is 0 Å². The van der Waals surface area contributed by atoms with Crippen molar-refractivity contribution in [2.45, 2.75) is 26.8 Å². The number of methoxy groups -OCH3 is 1. The van der Waals surface area contributed by atoms with Crippen molar-refractivity contribution >= 4 is 10.9 Å². The molecule has 3 heteroatoms. The largest absolute Gasteiger partial charge is 0.385 e. The zero-order valence-electron chi connectivity index (χ0n) is 12.6. The fraction of sp³-hybridized carbons (Fsp3) is 0.471. The maximum atomic E-state index is 5.16. The second-order valence-corrected chi connectivity index (χ2v) is 6.00. The lowest BCUT2D eigenvalue weighted by molar-refractivity contribution is 0.150. The zero-order valence-corrected chi connectivity index (χ0v) is 12.6. The van der Waals surface area contributed by atoms with Gasteiger partial charge >= 0.3 is 0 Å². The van der Waals surface area contributed by atoms with Crippen LogP contribution in [0.5, 0.6) is 0 Å². The number of para-hydroxylation sites is 1. The SMILES string of the molecule is COCCC(C)(C)CNCc1ccnc2ccccc12. The van der Waals surface area contributed by atoms with Gasteiger partial charge in [0.15, 0.2) is 0 Å². The highest BCUT2D eigenvalue weighted by Gasteiger charge is 2.16. The van der Waals surface area contributed by atoms with Crippen molar-refractivity contribution in [1.29, 1.82) is 0 Å².